The molecule has 0 fully saturated rings. The highest BCUT2D eigenvalue weighted by molar-refractivity contribution is 5.89. The van der Waals surface area contributed by atoms with Crippen molar-refractivity contribution in [3.63, 3.8) is 0 Å². The summed E-state index contributed by atoms with van der Waals surface area (Å²) in [6, 6.07) is 3.79. The van der Waals surface area contributed by atoms with Crippen LogP contribution >= 0.6 is 0 Å². The summed E-state index contributed by atoms with van der Waals surface area (Å²) in [5.74, 6) is -0.327. The number of aliphatic hydroxyl groups is 1. The molecule has 0 spiro atoms. The second-order valence-corrected chi connectivity index (χ2v) is 4.70. The summed E-state index contributed by atoms with van der Waals surface area (Å²) < 4.78 is 39.7. The molecule has 0 saturated heterocycles. The standard InChI is InChI=1S/C13H17F3N2O3/c1-8(2)11(7-19)18-12(20)17-9-3-5-10(6-4-9)21-13(14,15)16/h3-6,8,11,19H,7H2,1-2H3,(H2,17,18,20). The van der Waals surface area contributed by atoms with Crippen LogP contribution in [0, 0.1) is 5.92 Å². The molecule has 0 aliphatic carbocycles. The number of carbonyl (C=O) groups excluding carboxylic acids is 1. The summed E-state index contributed by atoms with van der Waals surface area (Å²) in [7, 11) is 0. The number of rotatable bonds is 5. The predicted molar refractivity (Wildman–Crippen MR) is 71.0 cm³/mol. The van der Waals surface area contributed by atoms with Gasteiger partial charge in [0.25, 0.3) is 0 Å². The van der Waals surface area contributed by atoms with Crippen LogP contribution in [-0.4, -0.2) is 30.1 Å². The lowest BCUT2D eigenvalue weighted by molar-refractivity contribution is -0.274. The molecule has 1 aromatic rings. The van der Waals surface area contributed by atoms with Gasteiger partial charge in [-0.2, -0.15) is 0 Å². The van der Waals surface area contributed by atoms with Crippen molar-refractivity contribution in [2.75, 3.05) is 11.9 Å². The monoisotopic (exact) mass is 306 g/mol. The van der Waals surface area contributed by atoms with Gasteiger partial charge in [-0.05, 0) is 30.2 Å². The van der Waals surface area contributed by atoms with Crippen molar-refractivity contribution in [1.82, 2.24) is 5.32 Å². The molecule has 0 bridgehead atoms. The number of amides is 2. The second-order valence-electron chi connectivity index (χ2n) is 4.70. The van der Waals surface area contributed by atoms with Crippen molar-refractivity contribution in [3.8, 4) is 5.75 Å². The van der Waals surface area contributed by atoms with E-state index in [1.54, 1.807) is 0 Å². The number of aliphatic hydroxyl groups excluding tert-OH is 1. The third-order valence-corrected chi connectivity index (χ3v) is 2.66. The molecule has 5 nitrogen and oxygen atoms in total. The number of hydrogen-bond donors (Lipinski definition) is 3. The molecule has 0 saturated carbocycles. The van der Waals surface area contributed by atoms with Gasteiger partial charge in [0.1, 0.15) is 5.75 Å². The molecular weight excluding hydrogens is 289 g/mol. The molecule has 1 rings (SSSR count). The van der Waals surface area contributed by atoms with Crippen LogP contribution in [0.15, 0.2) is 24.3 Å². The molecule has 2 amide bonds. The lowest BCUT2D eigenvalue weighted by atomic mass is 10.1. The molecule has 3 N–H and O–H groups in total. The zero-order chi connectivity index (χ0) is 16.0. The Balaban J connectivity index is 2.57. The van der Waals surface area contributed by atoms with Crippen LogP contribution in [0.25, 0.3) is 0 Å². The smallest absolute Gasteiger partial charge is 0.406 e. The van der Waals surface area contributed by atoms with Gasteiger partial charge >= 0.3 is 12.4 Å². The van der Waals surface area contributed by atoms with E-state index >= 15 is 0 Å². The van der Waals surface area contributed by atoms with Gasteiger partial charge in [-0.25, -0.2) is 4.79 Å². The number of ether oxygens (including phenoxy) is 1. The highest BCUT2D eigenvalue weighted by Gasteiger charge is 2.30. The van der Waals surface area contributed by atoms with Crippen molar-refractivity contribution in [1.29, 1.82) is 0 Å². The van der Waals surface area contributed by atoms with E-state index in [4.69, 9.17) is 5.11 Å². The first-order chi connectivity index (χ1) is 9.71. The van der Waals surface area contributed by atoms with Crippen LogP contribution in [0.3, 0.4) is 0 Å². The third kappa shape index (κ3) is 6.35. The fourth-order valence-electron chi connectivity index (χ4n) is 1.50. The SMILES string of the molecule is CC(C)C(CO)NC(=O)Nc1ccc(OC(F)(F)F)cc1. The third-order valence-electron chi connectivity index (χ3n) is 2.66. The number of benzene rings is 1. The van der Waals surface area contributed by atoms with Gasteiger partial charge in [0.05, 0.1) is 12.6 Å². The molecular formula is C13H17F3N2O3. The first kappa shape index (κ1) is 17.1. The number of alkyl halides is 3. The minimum atomic E-state index is -4.75. The van der Waals surface area contributed by atoms with Gasteiger partial charge in [-0.3, -0.25) is 0 Å². The molecule has 1 unspecified atom stereocenters. The van der Waals surface area contributed by atoms with E-state index in [0.29, 0.717) is 5.69 Å². The van der Waals surface area contributed by atoms with Gasteiger partial charge in [-0.15, -0.1) is 13.2 Å². The minimum absolute atomic E-state index is 0.0447. The van der Waals surface area contributed by atoms with E-state index in [0.717, 1.165) is 12.1 Å². The van der Waals surface area contributed by atoms with E-state index in [9.17, 15) is 18.0 Å². The Labute approximate surface area is 120 Å². The first-order valence-electron chi connectivity index (χ1n) is 6.25. The highest BCUT2D eigenvalue weighted by Crippen LogP contribution is 2.23. The fraction of sp³-hybridized carbons (Fsp3) is 0.462. The zero-order valence-corrected chi connectivity index (χ0v) is 11.6. The van der Waals surface area contributed by atoms with Crippen LogP contribution < -0.4 is 15.4 Å². The Morgan fingerprint density at radius 3 is 2.29 bits per heavy atom. The second kappa shape index (κ2) is 7.16. The molecule has 1 aromatic carbocycles. The van der Waals surface area contributed by atoms with Crippen LogP contribution in [0.1, 0.15) is 13.8 Å². The molecule has 0 aliphatic heterocycles. The maximum atomic E-state index is 12.0. The van der Waals surface area contributed by atoms with Gasteiger partial charge in [0.2, 0.25) is 0 Å². The Morgan fingerprint density at radius 1 is 1.29 bits per heavy atom. The summed E-state index contributed by atoms with van der Waals surface area (Å²) in [6.07, 6.45) is -4.75. The summed E-state index contributed by atoms with van der Waals surface area (Å²) in [6.45, 7) is 3.47. The minimum Gasteiger partial charge on any atom is -0.406 e. The molecule has 118 valence electrons. The topological polar surface area (TPSA) is 70.6 Å². The normalized spacial score (nSPS) is 12.9. The highest BCUT2D eigenvalue weighted by atomic mass is 19.4. The number of carbonyl (C=O) groups is 1. The summed E-state index contributed by atoms with van der Waals surface area (Å²) in [4.78, 5) is 11.7. The van der Waals surface area contributed by atoms with Crippen molar-refractivity contribution in [2.45, 2.75) is 26.3 Å². The summed E-state index contributed by atoms with van der Waals surface area (Å²) in [5, 5.41) is 14.1. The fourth-order valence-corrected chi connectivity index (χ4v) is 1.50. The maximum Gasteiger partial charge on any atom is 0.573 e. The van der Waals surface area contributed by atoms with Crippen molar-refractivity contribution >= 4 is 11.7 Å². The number of halogens is 3. The average molecular weight is 306 g/mol. The van der Waals surface area contributed by atoms with Crippen molar-refractivity contribution in [3.05, 3.63) is 24.3 Å². The van der Waals surface area contributed by atoms with E-state index in [-0.39, 0.29) is 18.3 Å². The zero-order valence-electron chi connectivity index (χ0n) is 11.6. The van der Waals surface area contributed by atoms with Crippen molar-refractivity contribution < 1.29 is 27.8 Å². The van der Waals surface area contributed by atoms with Crippen LogP contribution in [0.4, 0.5) is 23.7 Å². The lowest BCUT2D eigenvalue weighted by Gasteiger charge is -2.20. The van der Waals surface area contributed by atoms with E-state index in [2.05, 4.69) is 15.4 Å². The molecule has 1 atom stereocenters. The van der Waals surface area contributed by atoms with Gasteiger partial charge in [-0.1, -0.05) is 13.8 Å². The Bertz CT molecular complexity index is 461. The molecule has 0 aromatic heterocycles. The van der Waals surface area contributed by atoms with Gasteiger partial charge in [0, 0.05) is 5.69 Å². The van der Waals surface area contributed by atoms with Crippen LogP contribution in [0.5, 0.6) is 5.75 Å². The Morgan fingerprint density at radius 2 is 1.86 bits per heavy atom. The average Bonchev–Trinajstić information content (AvgIpc) is 2.36. The summed E-state index contributed by atoms with van der Waals surface area (Å²) >= 11 is 0. The summed E-state index contributed by atoms with van der Waals surface area (Å²) in [5.41, 5.74) is 0.308. The van der Waals surface area contributed by atoms with Crippen LogP contribution in [0.2, 0.25) is 0 Å². The van der Waals surface area contributed by atoms with E-state index in [1.165, 1.54) is 12.1 Å². The lowest BCUT2D eigenvalue weighted by Crippen LogP contribution is -2.43. The van der Waals surface area contributed by atoms with Crippen molar-refractivity contribution in [2.24, 2.45) is 5.92 Å². The Hall–Kier alpha value is -1.96. The van der Waals surface area contributed by atoms with E-state index in [1.807, 2.05) is 13.8 Å². The molecule has 0 heterocycles. The predicted octanol–water partition coefficient (Wildman–Crippen LogP) is 2.72. The maximum absolute atomic E-state index is 12.0. The van der Waals surface area contributed by atoms with Gasteiger partial charge < -0.3 is 20.5 Å². The molecule has 21 heavy (non-hydrogen) atoms. The molecule has 8 heteroatoms. The number of hydrogen-bond acceptors (Lipinski definition) is 3. The Kier molecular flexibility index (Phi) is 5.83. The molecule has 0 radical (unpaired) electrons. The quantitative estimate of drug-likeness (QED) is 0.783. The van der Waals surface area contributed by atoms with Gasteiger partial charge in [0.15, 0.2) is 0 Å². The molecule has 0 aliphatic rings. The van der Waals surface area contributed by atoms with E-state index < -0.39 is 18.4 Å². The number of anilines is 1. The van der Waals surface area contributed by atoms with Crippen LogP contribution in [-0.2, 0) is 0 Å². The first-order valence-corrected chi connectivity index (χ1v) is 6.25. The number of nitrogens with one attached hydrogen (secondary N) is 2. The number of urea groups is 1. The largest absolute Gasteiger partial charge is 0.573 e.